The fraction of sp³-hybridized carbons (Fsp3) is 0.800. The van der Waals surface area contributed by atoms with Gasteiger partial charge in [0.05, 0.1) is 18.8 Å². The van der Waals surface area contributed by atoms with E-state index < -0.39 is 0 Å². The highest BCUT2D eigenvalue weighted by atomic mass is 16.5. The van der Waals surface area contributed by atoms with Crippen molar-refractivity contribution in [1.82, 2.24) is 19.4 Å². The molecule has 0 spiro atoms. The summed E-state index contributed by atoms with van der Waals surface area (Å²) in [6, 6.07) is 0.607. The van der Waals surface area contributed by atoms with E-state index in [0.29, 0.717) is 38.3 Å². The average Bonchev–Trinajstić information content (AvgIpc) is 3.17. The Kier molecular flexibility index (Phi) is 5.41. The molecule has 3 fully saturated rings. The van der Waals surface area contributed by atoms with Crippen molar-refractivity contribution < 1.29 is 14.3 Å². The first-order valence-electron chi connectivity index (χ1n) is 10.3. The van der Waals surface area contributed by atoms with Gasteiger partial charge < -0.3 is 23.8 Å². The Hall–Kier alpha value is -1.60. The van der Waals surface area contributed by atoms with Crippen molar-refractivity contribution in [3.05, 3.63) is 18.2 Å². The third-order valence-electron chi connectivity index (χ3n) is 6.17. The molecule has 3 aliphatic heterocycles. The highest BCUT2D eigenvalue weighted by Crippen LogP contribution is 2.37. The minimum absolute atomic E-state index is 0.0758. The number of amides is 2. The number of ether oxygens (including phenoxy) is 2. The molecule has 0 aliphatic carbocycles. The number of urea groups is 1. The van der Waals surface area contributed by atoms with Gasteiger partial charge in [-0.2, -0.15) is 0 Å². The maximum absolute atomic E-state index is 12.7. The average molecular weight is 377 g/mol. The monoisotopic (exact) mass is 376 g/mol. The van der Waals surface area contributed by atoms with Crippen molar-refractivity contribution in [2.45, 2.75) is 57.1 Å². The van der Waals surface area contributed by atoms with Gasteiger partial charge in [-0.1, -0.05) is 0 Å². The summed E-state index contributed by atoms with van der Waals surface area (Å²) in [5, 5.41) is 0. The molecule has 1 aromatic heterocycles. The second-order valence-corrected chi connectivity index (χ2v) is 8.59. The summed E-state index contributed by atoms with van der Waals surface area (Å²) in [5.74, 6) is 1.65. The number of carbonyl (C=O) groups is 1. The van der Waals surface area contributed by atoms with Crippen LogP contribution in [0.2, 0.25) is 0 Å². The Bertz CT molecular complexity index is 645. The maximum atomic E-state index is 12.7. The lowest BCUT2D eigenvalue weighted by molar-refractivity contribution is -0.0608. The molecule has 1 aromatic rings. The van der Waals surface area contributed by atoms with Gasteiger partial charge >= 0.3 is 6.03 Å². The predicted octanol–water partition coefficient (Wildman–Crippen LogP) is 2.64. The Balaban J connectivity index is 1.38. The first-order chi connectivity index (χ1) is 13.0. The van der Waals surface area contributed by atoms with E-state index in [4.69, 9.17) is 14.5 Å². The molecule has 1 atom stereocenters. The lowest BCUT2D eigenvalue weighted by Crippen LogP contribution is -2.50. The summed E-state index contributed by atoms with van der Waals surface area (Å²) in [4.78, 5) is 21.3. The summed E-state index contributed by atoms with van der Waals surface area (Å²) in [6.07, 6.45) is 8.09. The van der Waals surface area contributed by atoms with E-state index in [-0.39, 0.29) is 11.6 Å². The molecule has 3 saturated heterocycles. The van der Waals surface area contributed by atoms with Crippen molar-refractivity contribution in [3.8, 4) is 0 Å². The van der Waals surface area contributed by atoms with Crippen LogP contribution in [0.25, 0.3) is 0 Å². The molecule has 150 valence electrons. The van der Waals surface area contributed by atoms with Crippen LogP contribution in [-0.4, -0.2) is 77.0 Å². The second kappa shape index (κ2) is 7.80. The summed E-state index contributed by atoms with van der Waals surface area (Å²) >= 11 is 0. The number of hydrogen-bond acceptors (Lipinski definition) is 4. The third-order valence-corrected chi connectivity index (χ3v) is 6.17. The largest absolute Gasteiger partial charge is 0.378 e. The highest BCUT2D eigenvalue weighted by Gasteiger charge is 2.34. The second-order valence-electron chi connectivity index (χ2n) is 8.59. The smallest absolute Gasteiger partial charge is 0.320 e. The SMILES string of the molecule is CC1(C)C[C@@H](c2nccn2C2CCN(C(=O)N3CCOCC3)CC2)CCO1. The fourth-order valence-electron chi connectivity index (χ4n) is 4.69. The zero-order valence-electron chi connectivity index (χ0n) is 16.6. The number of likely N-dealkylation sites (tertiary alicyclic amines) is 1. The number of hydrogen-bond donors (Lipinski definition) is 0. The predicted molar refractivity (Wildman–Crippen MR) is 102 cm³/mol. The van der Waals surface area contributed by atoms with Gasteiger partial charge in [0.2, 0.25) is 0 Å². The van der Waals surface area contributed by atoms with Gasteiger partial charge in [-0.25, -0.2) is 9.78 Å². The van der Waals surface area contributed by atoms with Gasteiger partial charge in [-0.05, 0) is 39.5 Å². The topological polar surface area (TPSA) is 59.8 Å². The molecule has 0 N–H and O–H groups in total. The molecule has 4 rings (SSSR count). The molecule has 0 saturated carbocycles. The van der Waals surface area contributed by atoms with Crippen molar-refractivity contribution in [3.63, 3.8) is 0 Å². The molecule has 0 radical (unpaired) electrons. The maximum Gasteiger partial charge on any atom is 0.320 e. The van der Waals surface area contributed by atoms with Crippen LogP contribution < -0.4 is 0 Å². The van der Waals surface area contributed by atoms with Crippen LogP contribution >= 0.6 is 0 Å². The number of rotatable bonds is 2. The van der Waals surface area contributed by atoms with Crippen LogP contribution in [0.1, 0.15) is 57.3 Å². The molecular formula is C20H32N4O3. The number of imidazole rings is 1. The van der Waals surface area contributed by atoms with E-state index >= 15 is 0 Å². The highest BCUT2D eigenvalue weighted by molar-refractivity contribution is 5.74. The van der Waals surface area contributed by atoms with E-state index in [9.17, 15) is 4.79 Å². The standard InChI is InChI=1S/C20H32N4O3/c1-20(2)15-16(5-12-27-20)18-21-6-9-24(18)17-3-7-22(8-4-17)19(25)23-10-13-26-14-11-23/h6,9,16-17H,3-5,7-8,10-15H2,1-2H3/t16-/m0/s1. The van der Waals surface area contributed by atoms with E-state index in [2.05, 4.69) is 24.6 Å². The molecule has 0 unspecified atom stereocenters. The van der Waals surface area contributed by atoms with Crippen LogP contribution in [-0.2, 0) is 9.47 Å². The van der Waals surface area contributed by atoms with Crippen molar-refractivity contribution in [2.24, 2.45) is 0 Å². The number of carbonyl (C=O) groups excluding carboxylic acids is 1. The summed E-state index contributed by atoms with van der Waals surface area (Å²) in [7, 11) is 0. The quantitative estimate of drug-likeness (QED) is 0.796. The van der Waals surface area contributed by atoms with E-state index in [1.165, 1.54) is 5.82 Å². The van der Waals surface area contributed by atoms with E-state index in [0.717, 1.165) is 45.4 Å². The zero-order chi connectivity index (χ0) is 18.9. The van der Waals surface area contributed by atoms with Crippen molar-refractivity contribution in [2.75, 3.05) is 46.0 Å². The summed E-state index contributed by atoms with van der Waals surface area (Å²) < 4.78 is 13.6. The number of piperidine rings is 1. The zero-order valence-corrected chi connectivity index (χ0v) is 16.6. The number of nitrogens with zero attached hydrogens (tertiary/aromatic N) is 4. The van der Waals surface area contributed by atoms with Crippen molar-refractivity contribution >= 4 is 6.03 Å². The van der Waals surface area contributed by atoms with Gasteiger partial charge in [0.25, 0.3) is 0 Å². The first kappa shape index (κ1) is 18.7. The van der Waals surface area contributed by atoms with Crippen LogP contribution in [0.3, 0.4) is 0 Å². The third kappa shape index (κ3) is 4.14. The number of aromatic nitrogens is 2. The Morgan fingerprint density at radius 3 is 2.48 bits per heavy atom. The summed E-state index contributed by atoms with van der Waals surface area (Å²) in [5.41, 5.74) is -0.0758. The fourth-order valence-corrected chi connectivity index (χ4v) is 4.69. The number of morpholine rings is 1. The van der Waals surface area contributed by atoms with Crippen LogP contribution in [0.15, 0.2) is 12.4 Å². The van der Waals surface area contributed by atoms with E-state index in [1.807, 2.05) is 16.0 Å². The van der Waals surface area contributed by atoms with Gasteiger partial charge in [0.1, 0.15) is 5.82 Å². The van der Waals surface area contributed by atoms with Crippen LogP contribution in [0.5, 0.6) is 0 Å². The molecule has 4 heterocycles. The molecular weight excluding hydrogens is 344 g/mol. The molecule has 3 aliphatic rings. The van der Waals surface area contributed by atoms with Gasteiger partial charge in [-0.15, -0.1) is 0 Å². The Morgan fingerprint density at radius 1 is 1.07 bits per heavy atom. The first-order valence-corrected chi connectivity index (χ1v) is 10.3. The van der Waals surface area contributed by atoms with E-state index in [1.54, 1.807) is 0 Å². The molecule has 27 heavy (non-hydrogen) atoms. The van der Waals surface area contributed by atoms with Gasteiger partial charge in [0, 0.05) is 57.1 Å². The van der Waals surface area contributed by atoms with Gasteiger partial charge in [0.15, 0.2) is 0 Å². The minimum atomic E-state index is -0.0758. The normalized spacial score (nSPS) is 27.0. The Labute approximate surface area is 161 Å². The molecule has 0 aromatic carbocycles. The molecule has 7 heteroatoms. The van der Waals surface area contributed by atoms with Crippen molar-refractivity contribution in [1.29, 1.82) is 0 Å². The Morgan fingerprint density at radius 2 is 1.78 bits per heavy atom. The lowest BCUT2D eigenvalue weighted by atomic mass is 9.87. The van der Waals surface area contributed by atoms with Crippen LogP contribution in [0, 0.1) is 0 Å². The molecule has 2 amide bonds. The lowest BCUT2D eigenvalue weighted by Gasteiger charge is -2.39. The van der Waals surface area contributed by atoms with Crippen LogP contribution in [0.4, 0.5) is 4.79 Å². The summed E-state index contributed by atoms with van der Waals surface area (Å²) in [6.45, 7) is 9.51. The molecule has 7 nitrogen and oxygen atoms in total. The minimum Gasteiger partial charge on any atom is -0.378 e. The molecule has 0 bridgehead atoms. The van der Waals surface area contributed by atoms with Gasteiger partial charge in [-0.3, -0.25) is 0 Å².